The zero-order valence-electron chi connectivity index (χ0n) is 30.0. The number of halogens is 3. The van der Waals surface area contributed by atoms with Gasteiger partial charge in [0.1, 0.15) is 35.0 Å². The Labute approximate surface area is 294 Å². The first-order chi connectivity index (χ1) is 23.5. The zero-order chi connectivity index (χ0) is 38.5. The first-order valence-corrected chi connectivity index (χ1v) is 15.9. The van der Waals surface area contributed by atoms with Crippen molar-refractivity contribution in [1.29, 1.82) is 0 Å². The third kappa shape index (κ3) is 9.43. The zero-order valence-corrected chi connectivity index (χ0v) is 30.0. The molecular weight excluding hydrogens is 673 g/mol. The lowest BCUT2D eigenvalue weighted by Gasteiger charge is -2.34. The van der Waals surface area contributed by atoms with Crippen molar-refractivity contribution in [2.45, 2.75) is 97.4 Å². The Kier molecular flexibility index (Phi) is 12.3. The van der Waals surface area contributed by atoms with E-state index < -0.39 is 75.9 Å². The summed E-state index contributed by atoms with van der Waals surface area (Å²) in [5.41, 5.74) is -7.54. The number of nitrogens with zero attached hydrogens (tertiary/aromatic N) is 1. The van der Waals surface area contributed by atoms with Crippen LogP contribution in [0.4, 0.5) is 13.2 Å². The van der Waals surface area contributed by atoms with E-state index in [1.807, 2.05) is 0 Å². The van der Waals surface area contributed by atoms with Gasteiger partial charge in [0, 0.05) is 32.9 Å². The monoisotopic (exact) mass is 716 g/mol. The number of aromatic nitrogens is 1. The number of pyridine rings is 1. The van der Waals surface area contributed by atoms with Crippen LogP contribution < -0.4 is 10.0 Å². The molecule has 0 aliphatic rings. The van der Waals surface area contributed by atoms with Crippen molar-refractivity contribution in [2.24, 2.45) is 0 Å². The second kappa shape index (κ2) is 15.5. The van der Waals surface area contributed by atoms with Gasteiger partial charge in [-0.15, -0.1) is 0 Å². The van der Waals surface area contributed by atoms with Crippen molar-refractivity contribution < 1.29 is 56.0 Å². The van der Waals surface area contributed by atoms with Crippen molar-refractivity contribution in [3.63, 3.8) is 0 Å². The molecule has 11 nitrogen and oxygen atoms in total. The molecule has 0 aliphatic carbocycles. The average molecular weight is 717 g/mol. The maximum absolute atomic E-state index is 14.9. The molecule has 1 N–H and O–H groups in total. The number of carbonyl (C=O) groups is 4. The van der Waals surface area contributed by atoms with Gasteiger partial charge in [-0.2, -0.15) is 17.9 Å². The number of esters is 3. The molecule has 1 aromatic heterocycles. The van der Waals surface area contributed by atoms with E-state index in [1.165, 1.54) is 32.0 Å². The predicted molar refractivity (Wildman–Crippen MR) is 178 cm³/mol. The van der Waals surface area contributed by atoms with E-state index in [9.17, 15) is 37.6 Å². The summed E-state index contributed by atoms with van der Waals surface area (Å²) in [5.74, 6) is -5.14. The van der Waals surface area contributed by atoms with E-state index in [4.69, 9.17) is 18.9 Å². The Morgan fingerprint density at radius 3 is 1.65 bits per heavy atom. The van der Waals surface area contributed by atoms with Gasteiger partial charge in [-0.25, -0.2) is 14.4 Å². The van der Waals surface area contributed by atoms with Gasteiger partial charge in [0.2, 0.25) is 11.4 Å². The molecule has 3 aromatic rings. The molecule has 0 saturated carbocycles. The Bertz CT molecular complexity index is 1690. The first kappa shape index (κ1) is 40.4. The lowest BCUT2D eigenvalue weighted by Crippen LogP contribution is -2.59. The SMILES string of the molecule is CO[C@@](C(=O)N[C@@H](Cc1c(C(=O)OC(C)(C)C)c(C)[n+]([O-])c(C)c1C(=O)OC(C)(C)C)C(=O)OCc1ccccc1)(c1ccccc1)C(F)(F)F. The molecule has 0 fully saturated rings. The molecule has 1 heterocycles. The van der Waals surface area contributed by atoms with Gasteiger partial charge in [-0.1, -0.05) is 60.7 Å². The Morgan fingerprint density at radius 1 is 0.784 bits per heavy atom. The number of methoxy groups -OCH3 is 1. The molecule has 0 bridgehead atoms. The number of rotatable bonds is 11. The molecule has 276 valence electrons. The normalized spacial score (nSPS) is 13.8. The lowest BCUT2D eigenvalue weighted by atomic mass is 9.89. The Hall–Kier alpha value is -4.98. The third-order valence-corrected chi connectivity index (χ3v) is 7.57. The largest absolute Gasteiger partial charge is 0.618 e. The number of carbonyl (C=O) groups excluding carboxylic acids is 4. The smallest absolute Gasteiger partial charge is 0.430 e. The third-order valence-electron chi connectivity index (χ3n) is 7.57. The van der Waals surface area contributed by atoms with E-state index in [0.29, 0.717) is 17.4 Å². The highest BCUT2D eigenvalue weighted by atomic mass is 19.4. The number of ether oxygens (including phenoxy) is 4. The molecule has 14 heteroatoms. The minimum absolute atomic E-state index is 0.238. The molecule has 2 aromatic carbocycles. The maximum Gasteiger partial charge on any atom is 0.430 e. The topological polar surface area (TPSA) is 144 Å². The van der Waals surface area contributed by atoms with Crippen molar-refractivity contribution in [2.75, 3.05) is 7.11 Å². The van der Waals surface area contributed by atoms with Crippen LogP contribution in [0.5, 0.6) is 0 Å². The number of benzene rings is 2. The molecule has 3 rings (SSSR count). The van der Waals surface area contributed by atoms with E-state index in [0.717, 1.165) is 12.1 Å². The first-order valence-electron chi connectivity index (χ1n) is 15.9. The molecule has 0 saturated heterocycles. The minimum Gasteiger partial charge on any atom is -0.618 e. The fraction of sp³-hybridized carbons (Fsp3) is 0.432. The van der Waals surface area contributed by atoms with Crippen molar-refractivity contribution in [3.8, 4) is 0 Å². The fourth-order valence-electron chi connectivity index (χ4n) is 5.33. The van der Waals surface area contributed by atoms with Crippen LogP contribution in [0.1, 0.15) is 90.3 Å². The minimum atomic E-state index is -5.34. The molecule has 1 amide bonds. The molecular formula is C37H43F3N2O9. The average Bonchev–Trinajstić information content (AvgIpc) is 3.01. The van der Waals surface area contributed by atoms with Crippen LogP contribution >= 0.6 is 0 Å². The van der Waals surface area contributed by atoms with Crippen LogP contribution in [0.2, 0.25) is 0 Å². The summed E-state index contributed by atoms with van der Waals surface area (Å²) >= 11 is 0. The van der Waals surface area contributed by atoms with Crippen molar-refractivity contribution >= 4 is 23.8 Å². The van der Waals surface area contributed by atoms with Gasteiger partial charge in [-0.3, -0.25) is 4.79 Å². The summed E-state index contributed by atoms with van der Waals surface area (Å²) in [6.07, 6.45) is -6.15. The molecule has 2 atom stereocenters. The van der Waals surface area contributed by atoms with Gasteiger partial charge in [0.15, 0.2) is 0 Å². The molecule has 0 spiro atoms. The van der Waals surface area contributed by atoms with Gasteiger partial charge < -0.3 is 29.5 Å². The van der Waals surface area contributed by atoms with E-state index >= 15 is 0 Å². The van der Waals surface area contributed by atoms with Crippen LogP contribution in [0.25, 0.3) is 0 Å². The van der Waals surface area contributed by atoms with E-state index in [1.54, 1.807) is 71.9 Å². The van der Waals surface area contributed by atoms with Crippen LogP contribution in [-0.4, -0.2) is 54.3 Å². The van der Waals surface area contributed by atoms with Crippen LogP contribution in [0, 0.1) is 19.1 Å². The summed E-state index contributed by atoms with van der Waals surface area (Å²) in [4.78, 5) is 55.2. The van der Waals surface area contributed by atoms with E-state index in [-0.39, 0.29) is 23.6 Å². The number of alkyl halides is 3. The second-order valence-corrected chi connectivity index (χ2v) is 13.8. The highest BCUT2D eigenvalue weighted by Crippen LogP contribution is 2.42. The second-order valence-electron chi connectivity index (χ2n) is 13.8. The molecule has 0 unspecified atom stereocenters. The van der Waals surface area contributed by atoms with Crippen molar-refractivity contribution in [1.82, 2.24) is 5.32 Å². The molecule has 0 aliphatic heterocycles. The summed E-state index contributed by atoms with van der Waals surface area (Å²) in [6.45, 7) is 11.6. The van der Waals surface area contributed by atoms with Gasteiger partial charge in [0.05, 0.1) is 0 Å². The maximum atomic E-state index is 14.9. The quantitative estimate of drug-likeness (QED) is 0.114. The number of amides is 1. The van der Waals surface area contributed by atoms with Crippen molar-refractivity contribution in [3.05, 3.63) is 105 Å². The Balaban J connectivity index is 2.31. The highest BCUT2D eigenvalue weighted by Gasteiger charge is 2.63. The molecule has 51 heavy (non-hydrogen) atoms. The van der Waals surface area contributed by atoms with Crippen LogP contribution in [0.15, 0.2) is 60.7 Å². The number of nitrogens with one attached hydrogen (secondary N) is 1. The molecule has 0 radical (unpaired) electrons. The van der Waals surface area contributed by atoms with Crippen LogP contribution in [0.3, 0.4) is 0 Å². The van der Waals surface area contributed by atoms with Gasteiger partial charge >= 0.3 is 24.1 Å². The predicted octanol–water partition coefficient (Wildman–Crippen LogP) is 5.72. The number of hydrogen-bond donors (Lipinski definition) is 1. The fourth-order valence-corrected chi connectivity index (χ4v) is 5.33. The summed E-state index contributed by atoms with van der Waals surface area (Å²) < 4.78 is 66.5. The van der Waals surface area contributed by atoms with E-state index in [2.05, 4.69) is 5.32 Å². The van der Waals surface area contributed by atoms with Gasteiger partial charge in [0.25, 0.3) is 11.5 Å². The standard InChI is InChI=1S/C37H43F3N2O9/c1-22-28(31(44)50-34(3,4)5)26(29(23(2)42(22)47)32(45)51-35(6,7)8)20-27(30(43)49-21-24-16-12-10-13-17-24)41-33(46)36(48-9,37(38,39)40)25-18-14-11-15-19-25/h10-19,27H,20-21H2,1-9H3,(H,41,46)/t27-,36+/m0/s1. The summed E-state index contributed by atoms with van der Waals surface area (Å²) in [5, 5.41) is 15.5. The number of hydrogen-bond acceptors (Lipinski definition) is 9. The van der Waals surface area contributed by atoms with Gasteiger partial charge in [-0.05, 0) is 52.7 Å². The van der Waals surface area contributed by atoms with Crippen LogP contribution in [-0.2, 0) is 47.2 Å². The summed E-state index contributed by atoms with van der Waals surface area (Å²) in [6, 6.07) is 12.4. The lowest BCUT2D eigenvalue weighted by molar-refractivity contribution is -0.619. The summed E-state index contributed by atoms with van der Waals surface area (Å²) in [7, 11) is 0.695. The highest BCUT2D eigenvalue weighted by molar-refractivity contribution is 6.00. The Morgan fingerprint density at radius 2 is 1.24 bits per heavy atom.